The number of benzene rings is 1. The molecule has 0 aromatic heterocycles. The van der Waals surface area contributed by atoms with Gasteiger partial charge in [0.15, 0.2) is 0 Å². The van der Waals surface area contributed by atoms with Gasteiger partial charge in [0, 0.05) is 5.56 Å². The molecule has 0 aliphatic rings. The molecule has 1 aromatic rings. The first-order valence-electron chi connectivity index (χ1n) is 3.34. The van der Waals surface area contributed by atoms with Gasteiger partial charge in [-0.15, -0.1) is 0 Å². The van der Waals surface area contributed by atoms with Crippen LogP contribution >= 0.6 is 0 Å². The van der Waals surface area contributed by atoms with Crippen LogP contribution in [0.2, 0.25) is 0 Å². The van der Waals surface area contributed by atoms with E-state index < -0.39 is 32.3 Å². The molecule has 0 heterocycles. The van der Waals surface area contributed by atoms with Gasteiger partial charge in [0.2, 0.25) is 0 Å². The van der Waals surface area contributed by atoms with Crippen LogP contribution in [0, 0.1) is 0 Å². The summed E-state index contributed by atoms with van der Waals surface area (Å²) in [6.07, 6.45) is 0. The smallest absolute Gasteiger partial charge is 0.545 e. The SMILES string of the molecule is O=C([O-])c1cc(S(=O)(=O)O)ccc1O.[Li+]. The van der Waals surface area contributed by atoms with Crippen LogP contribution in [0.3, 0.4) is 0 Å². The summed E-state index contributed by atoms with van der Waals surface area (Å²) in [5.41, 5.74) is -0.694. The molecule has 0 saturated carbocycles. The van der Waals surface area contributed by atoms with Crippen LogP contribution in [0.25, 0.3) is 0 Å². The Morgan fingerprint density at radius 1 is 1.33 bits per heavy atom. The molecule has 0 radical (unpaired) electrons. The quantitative estimate of drug-likeness (QED) is 0.391. The maximum absolute atomic E-state index is 10.6. The summed E-state index contributed by atoms with van der Waals surface area (Å²) in [5, 5.41) is 19.3. The Labute approximate surface area is 97.5 Å². The van der Waals surface area contributed by atoms with Gasteiger partial charge in [-0.25, -0.2) is 0 Å². The zero-order chi connectivity index (χ0) is 10.9. The van der Waals surface area contributed by atoms with Crippen molar-refractivity contribution in [3.05, 3.63) is 23.8 Å². The van der Waals surface area contributed by atoms with Crippen molar-refractivity contribution in [2.75, 3.05) is 0 Å². The normalized spacial score (nSPS) is 10.5. The van der Waals surface area contributed by atoms with Gasteiger partial charge in [-0.1, -0.05) is 0 Å². The first-order chi connectivity index (χ1) is 6.32. The van der Waals surface area contributed by atoms with Gasteiger partial charge in [0.1, 0.15) is 5.75 Å². The number of hydrogen-bond donors (Lipinski definition) is 2. The fraction of sp³-hybridized carbons (Fsp3) is 0. The van der Waals surface area contributed by atoms with E-state index in [1.807, 2.05) is 0 Å². The predicted octanol–water partition coefficient (Wildman–Crippen LogP) is -3.99. The first-order valence-corrected chi connectivity index (χ1v) is 4.78. The van der Waals surface area contributed by atoms with E-state index in [0.29, 0.717) is 6.07 Å². The average molecular weight is 224 g/mol. The number of aromatic hydroxyl groups is 1. The zero-order valence-electron chi connectivity index (χ0n) is 7.67. The summed E-state index contributed by atoms with van der Waals surface area (Å²) in [6, 6.07) is 2.32. The standard InChI is InChI=1S/C7H6O6S.Li/c8-6-2-1-4(14(11,12)13)3-5(6)7(9)10;/h1-3,8H,(H,9,10)(H,11,12,13);/q;+1/p-1. The van der Waals surface area contributed by atoms with Crippen LogP contribution in [-0.4, -0.2) is 24.0 Å². The average Bonchev–Trinajstić information content (AvgIpc) is 2.02. The molecule has 0 fully saturated rings. The summed E-state index contributed by atoms with van der Waals surface area (Å²) in [7, 11) is -4.48. The van der Waals surface area contributed by atoms with Crippen molar-refractivity contribution < 1.29 is 46.8 Å². The molecule has 15 heavy (non-hydrogen) atoms. The maximum atomic E-state index is 10.6. The van der Waals surface area contributed by atoms with Gasteiger partial charge in [-0.05, 0) is 18.2 Å². The van der Waals surface area contributed by atoms with E-state index in [9.17, 15) is 18.3 Å². The molecule has 6 nitrogen and oxygen atoms in total. The largest absolute Gasteiger partial charge is 1.00 e. The Morgan fingerprint density at radius 3 is 2.27 bits per heavy atom. The molecular weight excluding hydrogens is 219 g/mol. The Balaban J connectivity index is 0.00000196. The summed E-state index contributed by atoms with van der Waals surface area (Å²) >= 11 is 0. The zero-order valence-corrected chi connectivity index (χ0v) is 8.48. The van der Waals surface area contributed by atoms with Crippen molar-refractivity contribution in [2.24, 2.45) is 0 Å². The van der Waals surface area contributed by atoms with E-state index in [1.54, 1.807) is 0 Å². The van der Waals surface area contributed by atoms with Crippen LogP contribution in [0.15, 0.2) is 23.1 Å². The van der Waals surface area contributed by atoms with Crippen LogP contribution in [-0.2, 0) is 10.1 Å². The van der Waals surface area contributed by atoms with E-state index in [-0.39, 0.29) is 18.9 Å². The summed E-state index contributed by atoms with van der Waals surface area (Å²) in [5.74, 6) is -2.36. The van der Waals surface area contributed by atoms with E-state index in [2.05, 4.69) is 0 Å². The number of rotatable bonds is 2. The number of hydrogen-bond acceptors (Lipinski definition) is 5. The second-order valence-electron chi connectivity index (χ2n) is 2.44. The van der Waals surface area contributed by atoms with Crippen molar-refractivity contribution in [1.82, 2.24) is 0 Å². The second-order valence-corrected chi connectivity index (χ2v) is 3.86. The van der Waals surface area contributed by atoms with Crippen LogP contribution < -0.4 is 24.0 Å². The number of phenols is 1. The van der Waals surface area contributed by atoms with Gasteiger partial charge in [-0.3, -0.25) is 4.55 Å². The third kappa shape index (κ3) is 3.25. The van der Waals surface area contributed by atoms with E-state index in [1.165, 1.54) is 0 Å². The van der Waals surface area contributed by atoms with Gasteiger partial charge in [0.05, 0.1) is 10.9 Å². The van der Waals surface area contributed by atoms with Crippen molar-refractivity contribution in [2.45, 2.75) is 4.90 Å². The van der Waals surface area contributed by atoms with Gasteiger partial charge < -0.3 is 15.0 Å². The van der Waals surface area contributed by atoms with Gasteiger partial charge in [-0.2, -0.15) is 8.42 Å². The molecule has 0 saturated heterocycles. The van der Waals surface area contributed by atoms with Crippen LogP contribution in [0.4, 0.5) is 0 Å². The predicted molar refractivity (Wildman–Crippen MR) is 42.3 cm³/mol. The van der Waals surface area contributed by atoms with Crippen molar-refractivity contribution in [3.8, 4) is 5.75 Å². The molecular formula is C7H5LiO6S. The molecule has 0 unspecified atom stereocenters. The molecule has 0 aliphatic carbocycles. The molecule has 0 aliphatic heterocycles. The molecule has 0 spiro atoms. The molecule has 1 rings (SSSR count). The molecule has 1 aromatic carbocycles. The molecule has 0 atom stereocenters. The number of carboxylic acids is 1. The first kappa shape index (κ1) is 14.0. The van der Waals surface area contributed by atoms with E-state index in [0.717, 1.165) is 12.1 Å². The third-order valence-electron chi connectivity index (χ3n) is 1.49. The number of carboxylic acid groups (broad SMARTS) is 1. The van der Waals surface area contributed by atoms with Crippen molar-refractivity contribution >= 4 is 16.1 Å². The summed E-state index contributed by atoms with van der Waals surface area (Å²) < 4.78 is 29.7. The third-order valence-corrected chi connectivity index (χ3v) is 2.34. The van der Waals surface area contributed by atoms with Crippen molar-refractivity contribution in [3.63, 3.8) is 0 Å². The Kier molecular flexibility index (Phi) is 4.37. The molecule has 2 N–H and O–H groups in total. The number of aromatic carboxylic acids is 1. The fourth-order valence-electron chi connectivity index (χ4n) is 0.839. The molecule has 76 valence electrons. The molecule has 8 heteroatoms. The molecule has 0 bridgehead atoms. The van der Waals surface area contributed by atoms with E-state index >= 15 is 0 Å². The monoisotopic (exact) mass is 224 g/mol. The minimum Gasteiger partial charge on any atom is -0.545 e. The molecule has 0 amide bonds. The van der Waals surface area contributed by atoms with E-state index in [4.69, 9.17) is 9.66 Å². The second kappa shape index (κ2) is 4.68. The summed E-state index contributed by atoms with van der Waals surface area (Å²) in [6.45, 7) is 0. The van der Waals surface area contributed by atoms with Crippen LogP contribution in [0.5, 0.6) is 5.75 Å². The number of carbonyl (C=O) groups excluding carboxylic acids is 1. The topological polar surface area (TPSA) is 115 Å². The minimum atomic E-state index is -4.48. The van der Waals surface area contributed by atoms with Crippen molar-refractivity contribution in [1.29, 1.82) is 0 Å². The fourth-order valence-corrected chi connectivity index (χ4v) is 1.35. The Morgan fingerprint density at radius 2 is 1.87 bits per heavy atom. The Bertz CT molecular complexity index is 480. The van der Waals surface area contributed by atoms with Gasteiger partial charge in [0.25, 0.3) is 10.1 Å². The Hall–Kier alpha value is -1.00. The summed E-state index contributed by atoms with van der Waals surface area (Å²) in [4.78, 5) is 9.74. The number of carbonyl (C=O) groups is 1. The van der Waals surface area contributed by atoms with Crippen LogP contribution in [0.1, 0.15) is 10.4 Å². The maximum Gasteiger partial charge on any atom is 1.00 e. The minimum absolute atomic E-state index is 0. The van der Waals surface area contributed by atoms with Gasteiger partial charge >= 0.3 is 18.9 Å².